The minimum Gasteiger partial charge on any atom is -0.391 e. The molecule has 1 saturated heterocycles. The van der Waals surface area contributed by atoms with Gasteiger partial charge in [-0.15, -0.1) is 0 Å². The number of aliphatic hydroxyl groups excluding tert-OH is 1. The number of Topliss-reactive ketones (excluding diaryl/α,β-unsaturated/α-hetero) is 1. The van der Waals surface area contributed by atoms with Gasteiger partial charge < -0.3 is 10.0 Å². The first-order valence-electron chi connectivity index (χ1n) is 8.59. The molecule has 4 heteroatoms. The molecule has 1 fully saturated rings. The SMILES string of the molecule is CCCC(=O)C(=O)N1CC[C@@H](c2ccc3ccccc3c2)[C@H](O)C1. The molecular weight excluding hydrogens is 302 g/mol. The summed E-state index contributed by atoms with van der Waals surface area (Å²) in [7, 11) is 0. The lowest BCUT2D eigenvalue weighted by molar-refractivity contribution is -0.147. The number of hydrogen-bond acceptors (Lipinski definition) is 3. The lowest BCUT2D eigenvalue weighted by atomic mass is 9.86. The second kappa shape index (κ2) is 7.14. The van der Waals surface area contributed by atoms with Crippen molar-refractivity contribution in [3.63, 3.8) is 0 Å². The number of nitrogens with zero attached hydrogens (tertiary/aromatic N) is 1. The topological polar surface area (TPSA) is 57.6 Å². The standard InChI is InChI=1S/C20H23NO3/c1-2-5-18(22)20(24)21-11-10-17(19(23)13-21)16-9-8-14-6-3-4-7-15(14)12-16/h3-4,6-9,12,17,19,23H,2,5,10-11,13H2,1H3/t17-,19+/m0/s1. The average molecular weight is 325 g/mol. The predicted octanol–water partition coefficient (Wildman–Crippen LogP) is 2.89. The van der Waals surface area contributed by atoms with Gasteiger partial charge in [-0.05, 0) is 29.2 Å². The number of benzene rings is 2. The third-order valence-corrected chi connectivity index (χ3v) is 4.79. The molecule has 1 N–H and O–H groups in total. The average Bonchev–Trinajstić information content (AvgIpc) is 2.60. The molecule has 0 bridgehead atoms. The molecule has 1 amide bonds. The highest BCUT2D eigenvalue weighted by molar-refractivity contribution is 6.36. The van der Waals surface area contributed by atoms with E-state index < -0.39 is 12.0 Å². The van der Waals surface area contributed by atoms with Crippen molar-refractivity contribution in [2.45, 2.75) is 38.2 Å². The highest BCUT2D eigenvalue weighted by atomic mass is 16.3. The van der Waals surface area contributed by atoms with Crippen molar-refractivity contribution in [1.29, 1.82) is 0 Å². The molecule has 1 heterocycles. The summed E-state index contributed by atoms with van der Waals surface area (Å²) in [5.41, 5.74) is 1.09. The van der Waals surface area contributed by atoms with Crippen LogP contribution in [0.4, 0.5) is 0 Å². The third kappa shape index (κ3) is 3.34. The summed E-state index contributed by atoms with van der Waals surface area (Å²) in [4.78, 5) is 25.4. The van der Waals surface area contributed by atoms with Crippen LogP contribution in [0.3, 0.4) is 0 Å². The maximum atomic E-state index is 12.1. The number of likely N-dealkylation sites (tertiary alicyclic amines) is 1. The van der Waals surface area contributed by atoms with Crippen LogP contribution in [0.25, 0.3) is 10.8 Å². The molecule has 0 aromatic heterocycles. The van der Waals surface area contributed by atoms with E-state index in [-0.39, 0.29) is 24.7 Å². The van der Waals surface area contributed by atoms with Gasteiger partial charge >= 0.3 is 0 Å². The third-order valence-electron chi connectivity index (χ3n) is 4.79. The van der Waals surface area contributed by atoms with Crippen molar-refractivity contribution in [3.05, 3.63) is 48.0 Å². The summed E-state index contributed by atoms with van der Waals surface area (Å²) in [5, 5.41) is 12.8. The monoisotopic (exact) mass is 325 g/mol. The Hall–Kier alpha value is -2.20. The van der Waals surface area contributed by atoms with Crippen molar-refractivity contribution in [2.24, 2.45) is 0 Å². The zero-order valence-electron chi connectivity index (χ0n) is 13.9. The van der Waals surface area contributed by atoms with Gasteiger partial charge in [0.15, 0.2) is 0 Å². The fourth-order valence-electron chi connectivity index (χ4n) is 3.45. The Bertz CT molecular complexity index is 755. The second-order valence-corrected chi connectivity index (χ2v) is 6.49. The largest absolute Gasteiger partial charge is 0.391 e. The molecule has 1 aliphatic rings. The molecule has 0 saturated carbocycles. The van der Waals surface area contributed by atoms with E-state index in [1.165, 1.54) is 10.3 Å². The van der Waals surface area contributed by atoms with Crippen LogP contribution in [0, 0.1) is 0 Å². The van der Waals surface area contributed by atoms with Gasteiger partial charge in [0.2, 0.25) is 5.78 Å². The number of ketones is 1. The number of β-amino-alcohol motifs (C(OH)–C–C–N with tert-alkyl or cyclic N) is 1. The van der Waals surface area contributed by atoms with Gasteiger partial charge in [-0.25, -0.2) is 0 Å². The van der Waals surface area contributed by atoms with Crippen LogP contribution < -0.4 is 0 Å². The van der Waals surface area contributed by atoms with Crippen LogP contribution in [0.5, 0.6) is 0 Å². The van der Waals surface area contributed by atoms with E-state index in [1.807, 2.05) is 19.1 Å². The van der Waals surface area contributed by atoms with E-state index in [1.54, 1.807) is 0 Å². The first-order valence-corrected chi connectivity index (χ1v) is 8.59. The smallest absolute Gasteiger partial charge is 0.290 e. The van der Waals surface area contributed by atoms with E-state index in [0.717, 1.165) is 10.9 Å². The predicted molar refractivity (Wildman–Crippen MR) is 93.8 cm³/mol. The number of rotatable bonds is 4. The minimum atomic E-state index is -0.640. The van der Waals surface area contributed by atoms with Crippen molar-refractivity contribution in [3.8, 4) is 0 Å². The first kappa shape index (κ1) is 16.7. The van der Waals surface area contributed by atoms with Crippen LogP contribution >= 0.6 is 0 Å². The molecule has 2 aromatic carbocycles. The number of carbonyl (C=O) groups excluding carboxylic acids is 2. The summed E-state index contributed by atoms with van der Waals surface area (Å²) in [6.45, 7) is 2.63. The Balaban J connectivity index is 1.73. The molecular formula is C20H23NO3. The molecule has 24 heavy (non-hydrogen) atoms. The van der Waals surface area contributed by atoms with E-state index in [2.05, 4.69) is 30.3 Å². The number of carbonyl (C=O) groups is 2. The van der Waals surface area contributed by atoms with Gasteiger partial charge in [-0.1, -0.05) is 49.4 Å². The number of amides is 1. The van der Waals surface area contributed by atoms with Crippen molar-refractivity contribution >= 4 is 22.5 Å². The summed E-state index contributed by atoms with van der Waals surface area (Å²) >= 11 is 0. The van der Waals surface area contributed by atoms with Crippen molar-refractivity contribution in [2.75, 3.05) is 13.1 Å². The molecule has 0 unspecified atom stereocenters. The second-order valence-electron chi connectivity index (χ2n) is 6.49. The normalized spacial score (nSPS) is 21.0. The Morgan fingerprint density at radius 2 is 1.92 bits per heavy atom. The van der Waals surface area contributed by atoms with E-state index in [0.29, 0.717) is 19.4 Å². The lowest BCUT2D eigenvalue weighted by Crippen LogP contribution is -2.48. The van der Waals surface area contributed by atoms with E-state index in [9.17, 15) is 14.7 Å². The van der Waals surface area contributed by atoms with Crippen LogP contribution in [0.15, 0.2) is 42.5 Å². The number of hydrogen-bond donors (Lipinski definition) is 1. The molecule has 3 rings (SSSR count). The maximum absolute atomic E-state index is 12.1. The molecule has 4 nitrogen and oxygen atoms in total. The van der Waals surface area contributed by atoms with Gasteiger partial charge in [0, 0.05) is 25.4 Å². The number of fused-ring (bicyclic) bond motifs is 1. The van der Waals surface area contributed by atoms with Crippen LogP contribution in [-0.2, 0) is 9.59 Å². The van der Waals surface area contributed by atoms with Crippen molar-refractivity contribution in [1.82, 2.24) is 4.90 Å². The van der Waals surface area contributed by atoms with Gasteiger partial charge in [0.05, 0.1) is 6.10 Å². The lowest BCUT2D eigenvalue weighted by Gasteiger charge is -2.36. The Morgan fingerprint density at radius 3 is 2.62 bits per heavy atom. The number of aliphatic hydroxyl groups is 1. The first-order chi connectivity index (χ1) is 11.6. The van der Waals surface area contributed by atoms with Crippen molar-refractivity contribution < 1.29 is 14.7 Å². The number of piperidine rings is 1. The van der Waals surface area contributed by atoms with Gasteiger partial charge in [-0.2, -0.15) is 0 Å². The fourth-order valence-corrected chi connectivity index (χ4v) is 3.45. The Morgan fingerprint density at radius 1 is 1.17 bits per heavy atom. The van der Waals surface area contributed by atoms with Crippen LogP contribution in [-0.4, -0.2) is 40.9 Å². The molecule has 126 valence electrons. The highest BCUT2D eigenvalue weighted by Gasteiger charge is 2.33. The molecule has 0 aliphatic carbocycles. The summed E-state index contributed by atoms with van der Waals surface area (Å²) in [5.74, 6) is -0.804. The Labute approximate surface area is 142 Å². The van der Waals surface area contributed by atoms with Crippen LogP contribution in [0.2, 0.25) is 0 Å². The van der Waals surface area contributed by atoms with Gasteiger partial charge in [-0.3, -0.25) is 9.59 Å². The minimum absolute atomic E-state index is 0.0000618. The summed E-state index contributed by atoms with van der Waals surface area (Å²) < 4.78 is 0. The van der Waals surface area contributed by atoms with Crippen LogP contribution in [0.1, 0.15) is 37.7 Å². The molecule has 2 aromatic rings. The molecule has 2 atom stereocenters. The summed E-state index contributed by atoms with van der Waals surface area (Å²) in [6, 6.07) is 14.4. The summed E-state index contributed by atoms with van der Waals surface area (Å²) in [6.07, 6.45) is 0.975. The zero-order valence-corrected chi connectivity index (χ0v) is 13.9. The molecule has 0 spiro atoms. The Kier molecular flexibility index (Phi) is 4.95. The fraction of sp³-hybridized carbons (Fsp3) is 0.400. The van der Waals surface area contributed by atoms with E-state index in [4.69, 9.17) is 0 Å². The quantitative estimate of drug-likeness (QED) is 0.880. The van der Waals surface area contributed by atoms with Gasteiger partial charge in [0.25, 0.3) is 5.91 Å². The zero-order chi connectivity index (χ0) is 17.1. The highest BCUT2D eigenvalue weighted by Crippen LogP contribution is 2.30. The molecule has 1 aliphatic heterocycles. The maximum Gasteiger partial charge on any atom is 0.290 e. The molecule has 0 radical (unpaired) electrons. The van der Waals surface area contributed by atoms with Gasteiger partial charge in [0.1, 0.15) is 0 Å². The van der Waals surface area contributed by atoms with E-state index >= 15 is 0 Å².